The maximum absolute atomic E-state index is 12.2. The molecule has 0 spiro atoms. The van der Waals surface area contributed by atoms with Gasteiger partial charge < -0.3 is 0 Å². The van der Waals surface area contributed by atoms with Gasteiger partial charge in [-0.2, -0.15) is 0 Å². The fourth-order valence-corrected chi connectivity index (χ4v) is 4.45. The van der Waals surface area contributed by atoms with Gasteiger partial charge in [0.25, 0.3) is 0 Å². The van der Waals surface area contributed by atoms with E-state index in [2.05, 4.69) is 14.7 Å². The van der Waals surface area contributed by atoms with Crippen LogP contribution < -0.4 is 4.72 Å². The highest BCUT2D eigenvalue weighted by atomic mass is 32.2. The summed E-state index contributed by atoms with van der Waals surface area (Å²) in [4.78, 5) is 8.55. The van der Waals surface area contributed by atoms with E-state index in [1.165, 1.54) is 0 Å². The summed E-state index contributed by atoms with van der Waals surface area (Å²) in [5.41, 5.74) is 3.75. The molecule has 3 aromatic rings. The number of benzene rings is 1. The molecule has 7 heteroatoms. The third kappa shape index (κ3) is 5.19. The lowest BCUT2D eigenvalue weighted by molar-refractivity contribution is 0.580. The number of hydrogen-bond acceptors (Lipinski definition) is 5. The van der Waals surface area contributed by atoms with Crippen LogP contribution >= 0.6 is 11.3 Å². The van der Waals surface area contributed by atoms with E-state index < -0.39 is 10.0 Å². The third-order valence-corrected chi connectivity index (χ3v) is 5.92. The number of sulfonamides is 1. The van der Waals surface area contributed by atoms with Crippen molar-refractivity contribution >= 4 is 21.4 Å². The number of hydrogen-bond donors (Lipinski definition) is 1. The first kappa shape index (κ1) is 17.7. The van der Waals surface area contributed by atoms with Gasteiger partial charge >= 0.3 is 0 Å². The molecule has 0 aliphatic rings. The molecule has 0 fully saturated rings. The lowest BCUT2D eigenvalue weighted by Gasteiger charge is -2.06. The van der Waals surface area contributed by atoms with Crippen molar-refractivity contribution < 1.29 is 8.42 Å². The van der Waals surface area contributed by atoms with Crippen molar-refractivity contribution in [2.75, 3.05) is 6.54 Å². The normalized spacial score (nSPS) is 11.6. The summed E-state index contributed by atoms with van der Waals surface area (Å²) in [6.45, 7) is 2.29. The first-order valence-electron chi connectivity index (χ1n) is 7.89. The Kier molecular flexibility index (Phi) is 5.57. The van der Waals surface area contributed by atoms with Crippen molar-refractivity contribution in [1.82, 2.24) is 14.7 Å². The monoisotopic (exact) mass is 373 g/mol. The van der Waals surface area contributed by atoms with Gasteiger partial charge in [0.1, 0.15) is 5.01 Å². The highest BCUT2D eigenvalue weighted by Gasteiger charge is 2.12. The van der Waals surface area contributed by atoms with Crippen molar-refractivity contribution in [3.05, 3.63) is 71.0 Å². The number of thiazole rings is 1. The van der Waals surface area contributed by atoms with E-state index in [1.54, 1.807) is 23.7 Å². The fraction of sp³-hybridized carbons (Fsp3) is 0.222. The zero-order valence-corrected chi connectivity index (χ0v) is 15.5. The van der Waals surface area contributed by atoms with Crippen LogP contribution in [0, 0.1) is 6.92 Å². The van der Waals surface area contributed by atoms with Crippen molar-refractivity contribution in [2.45, 2.75) is 19.1 Å². The summed E-state index contributed by atoms with van der Waals surface area (Å²) in [6, 6.07) is 11.4. The molecule has 0 atom stereocenters. The van der Waals surface area contributed by atoms with Crippen LogP contribution in [0.15, 0.2) is 54.2 Å². The van der Waals surface area contributed by atoms with E-state index in [0.717, 1.165) is 27.4 Å². The third-order valence-electron chi connectivity index (χ3n) is 3.62. The maximum atomic E-state index is 12.2. The average Bonchev–Trinajstić information content (AvgIpc) is 3.04. The first-order valence-corrected chi connectivity index (χ1v) is 10.4. The van der Waals surface area contributed by atoms with E-state index >= 15 is 0 Å². The molecule has 2 heterocycles. The second kappa shape index (κ2) is 7.86. The highest BCUT2D eigenvalue weighted by Crippen LogP contribution is 2.22. The quantitative estimate of drug-likeness (QED) is 0.690. The van der Waals surface area contributed by atoms with Crippen LogP contribution in [0.25, 0.3) is 10.6 Å². The minimum absolute atomic E-state index is 0.00594. The maximum Gasteiger partial charge on any atom is 0.215 e. The van der Waals surface area contributed by atoms with Crippen LogP contribution in [0.5, 0.6) is 0 Å². The molecule has 0 saturated carbocycles. The molecule has 5 nitrogen and oxygen atoms in total. The highest BCUT2D eigenvalue weighted by molar-refractivity contribution is 7.88. The molecular weight excluding hydrogens is 354 g/mol. The van der Waals surface area contributed by atoms with Crippen LogP contribution in [0.2, 0.25) is 0 Å². The van der Waals surface area contributed by atoms with Crippen molar-refractivity contribution in [3.8, 4) is 10.6 Å². The Labute approximate surface area is 151 Å². The zero-order valence-electron chi connectivity index (χ0n) is 13.8. The summed E-state index contributed by atoms with van der Waals surface area (Å²) in [5, 5.41) is 2.88. The molecule has 0 aliphatic carbocycles. The predicted molar refractivity (Wildman–Crippen MR) is 101 cm³/mol. The first-order chi connectivity index (χ1) is 12.0. The summed E-state index contributed by atoms with van der Waals surface area (Å²) in [6.07, 6.45) is 4.03. The van der Waals surface area contributed by atoms with E-state index in [0.29, 0.717) is 13.0 Å². The average molecular weight is 374 g/mol. The van der Waals surface area contributed by atoms with Gasteiger partial charge in [0.2, 0.25) is 10.0 Å². The summed E-state index contributed by atoms with van der Waals surface area (Å²) in [7, 11) is -3.35. The predicted octanol–water partition coefficient (Wildman–Crippen LogP) is 3.18. The van der Waals surface area contributed by atoms with Crippen LogP contribution in [0.3, 0.4) is 0 Å². The van der Waals surface area contributed by atoms with Crippen LogP contribution in [0.1, 0.15) is 16.8 Å². The van der Waals surface area contributed by atoms with Crippen molar-refractivity contribution in [3.63, 3.8) is 0 Å². The minimum Gasteiger partial charge on any atom is -0.265 e. The molecule has 1 aromatic carbocycles. The molecule has 25 heavy (non-hydrogen) atoms. The molecule has 2 aromatic heterocycles. The smallest absolute Gasteiger partial charge is 0.215 e. The Bertz CT molecular complexity index is 938. The van der Waals surface area contributed by atoms with Gasteiger partial charge in [-0.25, -0.2) is 18.1 Å². The summed E-state index contributed by atoms with van der Waals surface area (Å²) < 4.78 is 27.0. The van der Waals surface area contributed by atoms with Crippen molar-refractivity contribution in [1.29, 1.82) is 0 Å². The second-order valence-electron chi connectivity index (χ2n) is 5.77. The van der Waals surface area contributed by atoms with Crippen LogP contribution in [0.4, 0.5) is 0 Å². The topological polar surface area (TPSA) is 72.0 Å². The van der Waals surface area contributed by atoms with Gasteiger partial charge in [-0.15, -0.1) is 11.3 Å². The molecule has 1 N–H and O–H groups in total. The molecule has 0 saturated heterocycles. The number of rotatable bonds is 7. The van der Waals surface area contributed by atoms with E-state index in [9.17, 15) is 8.42 Å². The standard InChI is InChI=1S/C18H19N3O2S2/c1-14-3-2-4-15(11-14)13-25(22,23)20-10-7-17-12-24-18(21-17)16-5-8-19-9-6-16/h2-6,8-9,11-12,20H,7,10,13H2,1H3. The largest absolute Gasteiger partial charge is 0.265 e. The fourth-order valence-electron chi connectivity index (χ4n) is 2.46. The Morgan fingerprint density at radius 3 is 2.72 bits per heavy atom. The van der Waals surface area contributed by atoms with Gasteiger partial charge in [-0.3, -0.25) is 4.98 Å². The van der Waals surface area contributed by atoms with Gasteiger partial charge in [0.05, 0.1) is 11.4 Å². The SMILES string of the molecule is Cc1cccc(CS(=O)(=O)NCCc2csc(-c3ccncc3)n2)c1. The Morgan fingerprint density at radius 1 is 1.16 bits per heavy atom. The molecular formula is C18H19N3O2S2. The molecule has 0 unspecified atom stereocenters. The van der Waals surface area contributed by atoms with E-state index in [-0.39, 0.29) is 5.75 Å². The van der Waals surface area contributed by atoms with Gasteiger partial charge in [-0.1, -0.05) is 29.8 Å². The second-order valence-corrected chi connectivity index (χ2v) is 8.44. The molecule has 0 bridgehead atoms. The van der Waals surface area contributed by atoms with E-state index in [4.69, 9.17) is 0 Å². The van der Waals surface area contributed by atoms with Gasteiger partial charge in [0.15, 0.2) is 0 Å². The molecule has 0 aliphatic heterocycles. The lowest BCUT2D eigenvalue weighted by atomic mass is 10.2. The summed E-state index contributed by atoms with van der Waals surface area (Å²) in [5.74, 6) is -0.00594. The number of nitrogens with zero attached hydrogens (tertiary/aromatic N) is 2. The van der Waals surface area contributed by atoms with Gasteiger partial charge in [0, 0.05) is 36.3 Å². The summed E-state index contributed by atoms with van der Waals surface area (Å²) >= 11 is 1.55. The number of aryl methyl sites for hydroxylation is 1. The molecule has 0 radical (unpaired) electrons. The Balaban J connectivity index is 1.55. The van der Waals surface area contributed by atoms with Gasteiger partial charge in [-0.05, 0) is 24.6 Å². The van der Waals surface area contributed by atoms with Crippen LogP contribution in [-0.4, -0.2) is 24.9 Å². The Morgan fingerprint density at radius 2 is 1.96 bits per heavy atom. The zero-order chi connectivity index (χ0) is 17.7. The Hall–Kier alpha value is -2.09. The number of nitrogens with one attached hydrogen (secondary N) is 1. The number of aromatic nitrogens is 2. The molecule has 0 amide bonds. The minimum atomic E-state index is -3.35. The molecule has 130 valence electrons. The van der Waals surface area contributed by atoms with Crippen LogP contribution in [-0.2, 0) is 22.2 Å². The van der Waals surface area contributed by atoms with E-state index in [1.807, 2.05) is 48.7 Å². The lowest BCUT2D eigenvalue weighted by Crippen LogP contribution is -2.27. The molecule has 3 rings (SSSR count). The number of pyridine rings is 1. The van der Waals surface area contributed by atoms with Crippen molar-refractivity contribution in [2.24, 2.45) is 0 Å².